The maximum Gasteiger partial charge on any atom is 0.293 e. The lowest BCUT2D eigenvalue weighted by Gasteiger charge is -2.22. The number of hydrogen-bond donors (Lipinski definition) is 0. The number of fused-ring (bicyclic) bond motifs is 1. The van der Waals surface area contributed by atoms with Crippen molar-refractivity contribution in [2.24, 2.45) is 0 Å². The molecule has 8 heteroatoms. The van der Waals surface area contributed by atoms with Gasteiger partial charge in [-0.25, -0.2) is 0 Å². The minimum atomic E-state index is -0.456. The average molecular weight is 378 g/mol. The van der Waals surface area contributed by atoms with E-state index >= 15 is 0 Å². The molecule has 3 rings (SSSR count). The molecule has 2 aromatic carbocycles. The smallest absolute Gasteiger partial charge is 0.293 e. The van der Waals surface area contributed by atoms with Gasteiger partial charge in [-0.15, -0.1) is 0 Å². The van der Waals surface area contributed by atoms with Crippen molar-refractivity contribution in [3.05, 3.63) is 62.3 Å². The molecule has 2 aromatic rings. The first kappa shape index (κ1) is 17.9. The molecule has 0 fully saturated rings. The predicted molar refractivity (Wildman–Crippen MR) is 95.8 cm³/mol. The third-order valence-corrected chi connectivity index (χ3v) is 4.31. The van der Waals surface area contributed by atoms with Gasteiger partial charge in [0.2, 0.25) is 5.76 Å². The zero-order valence-corrected chi connectivity index (χ0v) is 15.1. The van der Waals surface area contributed by atoms with Crippen LogP contribution in [0.15, 0.2) is 36.0 Å². The van der Waals surface area contributed by atoms with Crippen LogP contribution >= 0.6 is 11.6 Å². The first-order valence-electron chi connectivity index (χ1n) is 7.62. The number of hydrogen-bond acceptors (Lipinski definition) is 6. The Kier molecular flexibility index (Phi) is 4.90. The number of benzene rings is 2. The summed E-state index contributed by atoms with van der Waals surface area (Å²) < 4.78 is 21.6. The van der Waals surface area contributed by atoms with E-state index in [1.807, 2.05) is 0 Å². The largest absolute Gasteiger partial charge is 0.497 e. The van der Waals surface area contributed by atoms with Gasteiger partial charge in [0.15, 0.2) is 11.5 Å². The van der Waals surface area contributed by atoms with Gasteiger partial charge in [0.05, 0.1) is 37.7 Å². The van der Waals surface area contributed by atoms with Crippen molar-refractivity contribution in [2.75, 3.05) is 21.3 Å². The molecular weight excluding hydrogens is 362 g/mol. The summed E-state index contributed by atoms with van der Waals surface area (Å²) in [5.74, 6) is 1.97. The summed E-state index contributed by atoms with van der Waals surface area (Å²) in [4.78, 5) is 11.2. The highest BCUT2D eigenvalue weighted by atomic mass is 35.5. The number of ether oxygens (including phenoxy) is 4. The Hall–Kier alpha value is -2.93. The zero-order chi connectivity index (χ0) is 18.8. The van der Waals surface area contributed by atoms with Gasteiger partial charge in [-0.1, -0.05) is 11.6 Å². The summed E-state index contributed by atoms with van der Waals surface area (Å²) in [6.45, 7) is 0. The van der Waals surface area contributed by atoms with Gasteiger partial charge >= 0.3 is 0 Å². The summed E-state index contributed by atoms with van der Waals surface area (Å²) in [6.07, 6.45) is 0.0644. The van der Waals surface area contributed by atoms with Gasteiger partial charge in [-0.3, -0.25) is 10.1 Å². The molecule has 0 bridgehead atoms. The monoisotopic (exact) mass is 377 g/mol. The van der Waals surface area contributed by atoms with E-state index < -0.39 is 4.92 Å². The Balaban J connectivity index is 2.13. The van der Waals surface area contributed by atoms with Gasteiger partial charge in [0.25, 0.3) is 5.70 Å². The normalized spacial score (nSPS) is 12.9. The molecule has 26 heavy (non-hydrogen) atoms. The van der Waals surface area contributed by atoms with Crippen molar-refractivity contribution in [3.8, 4) is 23.0 Å². The van der Waals surface area contributed by atoms with E-state index in [2.05, 4.69) is 0 Å². The maximum atomic E-state index is 11.6. The van der Waals surface area contributed by atoms with Gasteiger partial charge in [-0.2, -0.15) is 0 Å². The Bertz CT molecular complexity index is 909. The minimum Gasteiger partial charge on any atom is -0.497 e. The van der Waals surface area contributed by atoms with Crippen LogP contribution in [0.5, 0.6) is 23.0 Å². The second-order valence-corrected chi connectivity index (χ2v) is 5.89. The van der Waals surface area contributed by atoms with E-state index in [-0.39, 0.29) is 17.9 Å². The molecule has 0 aliphatic carbocycles. The Morgan fingerprint density at radius 2 is 1.81 bits per heavy atom. The van der Waals surface area contributed by atoms with E-state index in [4.69, 9.17) is 30.5 Å². The van der Waals surface area contributed by atoms with Crippen LogP contribution in [-0.2, 0) is 6.42 Å². The van der Waals surface area contributed by atoms with Crippen LogP contribution in [0.4, 0.5) is 0 Å². The molecule has 0 saturated carbocycles. The molecule has 0 atom stereocenters. The number of halogens is 1. The van der Waals surface area contributed by atoms with Gasteiger partial charge in [-0.05, 0) is 24.3 Å². The van der Waals surface area contributed by atoms with Crippen LogP contribution in [0.3, 0.4) is 0 Å². The zero-order valence-electron chi connectivity index (χ0n) is 14.4. The van der Waals surface area contributed by atoms with Crippen molar-refractivity contribution < 1.29 is 23.9 Å². The fraction of sp³-hybridized carbons (Fsp3) is 0.222. The molecule has 0 amide bonds. The fourth-order valence-corrected chi connectivity index (χ4v) is 3.01. The first-order chi connectivity index (χ1) is 12.5. The fourth-order valence-electron chi connectivity index (χ4n) is 2.75. The summed E-state index contributed by atoms with van der Waals surface area (Å²) in [7, 11) is 4.50. The molecule has 0 saturated heterocycles. The molecular formula is C18H16ClNO6. The van der Waals surface area contributed by atoms with Crippen LogP contribution in [0.1, 0.15) is 11.1 Å². The first-order valence-corrected chi connectivity index (χ1v) is 8.00. The highest BCUT2D eigenvalue weighted by molar-refractivity contribution is 6.32. The quantitative estimate of drug-likeness (QED) is 0.580. The van der Waals surface area contributed by atoms with Crippen molar-refractivity contribution in [3.63, 3.8) is 0 Å². The lowest BCUT2D eigenvalue weighted by Crippen LogP contribution is -2.16. The van der Waals surface area contributed by atoms with Crippen molar-refractivity contribution in [2.45, 2.75) is 6.42 Å². The number of nitro groups is 1. The van der Waals surface area contributed by atoms with E-state index in [0.29, 0.717) is 39.1 Å². The molecule has 0 spiro atoms. The number of allylic oxidation sites excluding steroid dienone is 1. The molecule has 1 aliphatic heterocycles. The topological polar surface area (TPSA) is 80.1 Å². The third-order valence-electron chi connectivity index (χ3n) is 4.02. The number of methoxy groups -OCH3 is 3. The van der Waals surface area contributed by atoms with Crippen LogP contribution in [0.2, 0.25) is 5.02 Å². The van der Waals surface area contributed by atoms with Crippen LogP contribution in [0, 0.1) is 10.1 Å². The average Bonchev–Trinajstić information content (AvgIpc) is 2.65. The van der Waals surface area contributed by atoms with Gasteiger partial charge in [0, 0.05) is 17.2 Å². The molecule has 0 aromatic heterocycles. The molecule has 136 valence electrons. The molecule has 7 nitrogen and oxygen atoms in total. The molecule has 0 N–H and O–H groups in total. The van der Waals surface area contributed by atoms with E-state index in [9.17, 15) is 10.1 Å². The van der Waals surface area contributed by atoms with Crippen molar-refractivity contribution >= 4 is 17.4 Å². The Morgan fingerprint density at radius 3 is 2.38 bits per heavy atom. The molecule has 0 unspecified atom stereocenters. The van der Waals surface area contributed by atoms with Gasteiger partial charge < -0.3 is 18.9 Å². The predicted octanol–water partition coefficient (Wildman–Crippen LogP) is 3.95. The Morgan fingerprint density at radius 1 is 1.08 bits per heavy atom. The maximum absolute atomic E-state index is 11.6. The summed E-state index contributed by atoms with van der Waals surface area (Å²) in [6, 6.07) is 8.21. The van der Waals surface area contributed by atoms with E-state index in [1.54, 1.807) is 30.3 Å². The summed E-state index contributed by atoms with van der Waals surface area (Å²) in [5.41, 5.74) is 1.01. The van der Waals surface area contributed by atoms with Crippen LogP contribution in [-0.4, -0.2) is 26.3 Å². The molecule has 0 radical (unpaired) electrons. The van der Waals surface area contributed by atoms with Crippen molar-refractivity contribution in [1.29, 1.82) is 0 Å². The van der Waals surface area contributed by atoms with E-state index in [0.717, 1.165) is 0 Å². The van der Waals surface area contributed by atoms with Crippen LogP contribution < -0.4 is 18.9 Å². The summed E-state index contributed by atoms with van der Waals surface area (Å²) >= 11 is 6.16. The highest BCUT2D eigenvalue weighted by Crippen LogP contribution is 2.44. The second-order valence-electron chi connectivity index (χ2n) is 5.48. The standard InChI is InChI=1S/C18H16ClNO6/c1-23-12-6-11-8-14(20(21)22)17(26-18(11)16(9-12)25-3)10-4-5-15(24-2)13(19)7-10/h4-7,9H,8H2,1-3H3. The molecule has 1 heterocycles. The minimum absolute atomic E-state index is 0.0644. The van der Waals surface area contributed by atoms with E-state index in [1.165, 1.54) is 21.3 Å². The molecule has 1 aliphatic rings. The second kappa shape index (κ2) is 7.13. The SMILES string of the molecule is COc1cc2c(c(OC)c1)OC(c1ccc(OC)c(Cl)c1)=C([N+](=O)[O-])C2. The van der Waals surface area contributed by atoms with Gasteiger partial charge in [0.1, 0.15) is 11.5 Å². The lowest BCUT2D eigenvalue weighted by atomic mass is 10.0. The third kappa shape index (κ3) is 3.13. The Labute approximate surface area is 154 Å². The summed E-state index contributed by atoms with van der Waals surface area (Å²) in [5, 5.41) is 11.9. The lowest BCUT2D eigenvalue weighted by molar-refractivity contribution is -0.427. The van der Waals surface area contributed by atoms with Crippen molar-refractivity contribution in [1.82, 2.24) is 0 Å². The number of nitrogens with zero attached hydrogens (tertiary/aromatic N) is 1. The van der Waals surface area contributed by atoms with Crippen LogP contribution in [0.25, 0.3) is 5.76 Å². The highest BCUT2D eigenvalue weighted by Gasteiger charge is 2.32. The number of rotatable bonds is 5.